The molecule has 2 aromatic heterocycles. The second-order valence-electron chi connectivity index (χ2n) is 4.39. The van der Waals surface area contributed by atoms with Gasteiger partial charge in [-0.2, -0.15) is 4.98 Å². The van der Waals surface area contributed by atoms with Crippen LogP contribution in [-0.4, -0.2) is 20.1 Å². The average molecular weight is 259 g/mol. The maximum atomic E-state index is 11.2. The molecule has 1 aromatic carbocycles. The fourth-order valence-electron chi connectivity index (χ4n) is 1.92. The molecule has 98 valence electrons. The highest BCUT2D eigenvalue weighted by atomic mass is 16.5. The third-order valence-corrected chi connectivity index (χ3v) is 2.81. The zero-order valence-electron chi connectivity index (χ0n) is 10.5. The van der Waals surface area contributed by atoms with Crippen molar-refractivity contribution in [1.82, 2.24) is 20.1 Å². The molecule has 0 amide bonds. The molecule has 3 N–H and O–H groups in total. The number of aromatic nitrogens is 4. The van der Waals surface area contributed by atoms with Crippen LogP contribution in [0.25, 0.3) is 11.0 Å². The van der Waals surface area contributed by atoms with Gasteiger partial charge in [0.25, 0.3) is 0 Å². The summed E-state index contributed by atoms with van der Waals surface area (Å²) in [6.07, 6.45) is 0. The van der Waals surface area contributed by atoms with Gasteiger partial charge in [0.05, 0.1) is 11.0 Å². The zero-order chi connectivity index (χ0) is 13.4. The number of imidazole rings is 1. The van der Waals surface area contributed by atoms with Gasteiger partial charge in [0.15, 0.2) is 5.82 Å². The monoisotopic (exact) mass is 259 g/mol. The van der Waals surface area contributed by atoms with Gasteiger partial charge in [-0.3, -0.25) is 0 Å². The minimum Gasteiger partial charge on any atom is -0.374 e. The number of benzene rings is 1. The molecule has 7 heteroatoms. The van der Waals surface area contributed by atoms with Crippen molar-refractivity contribution >= 4 is 16.7 Å². The van der Waals surface area contributed by atoms with Crippen LogP contribution in [-0.2, 0) is 0 Å². The smallest absolute Gasteiger partial charge is 0.323 e. The van der Waals surface area contributed by atoms with Crippen molar-refractivity contribution < 1.29 is 4.52 Å². The van der Waals surface area contributed by atoms with E-state index < -0.39 is 0 Å². The van der Waals surface area contributed by atoms with E-state index in [2.05, 4.69) is 25.4 Å². The molecule has 0 radical (unpaired) electrons. The van der Waals surface area contributed by atoms with Gasteiger partial charge < -0.3 is 19.8 Å². The van der Waals surface area contributed by atoms with Crippen LogP contribution in [0.4, 0.5) is 5.69 Å². The SMILES string of the molecule is Cc1noc([C@@H](C)Nc2ccc3[nH]c(=O)[nH]c3c2)n1. The summed E-state index contributed by atoms with van der Waals surface area (Å²) in [5.74, 6) is 1.13. The molecule has 0 fully saturated rings. The van der Waals surface area contributed by atoms with Crippen LogP contribution in [0.1, 0.15) is 24.7 Å². The number of fused-ring (bicyclic) bond motifs is 1. The first-order chi connectivity index (χ1) is 9.11. The largest absolute Gasteiger partial charge is 0.374 e. The lowest BCUT2D eigenvalue weighted by Crippen LogP contribution is -2.06. The van der Waals surface area contributed by atoms with Gasteiger partial charge in [0, 0.05) is 5.69 Å². The third-order valence-electron chi connectivity index (χ3n) is 2.81. The van der Waals surface area contributed by atoms with Gasteiger partial charge in [-0.05, 0) is 32.0 Å². The van der Waals surface area contributed by atoms with Gasteiger partial charge in [-0.25, -0.2) is 4.79 Å². The molecule has 3 rings (SSSR count). The van der Waals surface area contributed by atoms with Gasteiger partial charge in [0.2, 0.25) is 5.89 Å². The molecule has 0 saturated carbocycles. The second kappa shape index (κ2) is 4.27. The summed E-state index contributed by atoms with van der Waals surface area (Å²) in [5.41, 5.74) is 2.18. The third kappa shape index (κ3) is 2.22. The second-order valence-corrected chi connectivity index (χ2v) is 4.39. The summed E-state index contributed by atoms with van der Waals surface area (Å²) in [4.78, 5) is 20.8. The van der Waals surface area contributed by atoms with Crippen LogP contribution in [0, 0.1) is 6.92 Å². The lowest BCUT2D eigenvalue weighted by atomic mass is 10.2. The van der Waals surface area contributed by atoms with Gasteiger partial charge in [-0.1, -0.05) is 5.16 Å². The van der Waals surface area contributed by atoms with Crippen LogP contribution < -0.4 is 11.0 Å². The van der Waals surface area contributed by atoms with Crippen LogP contribution >= 0.6 is 0 Å². The van der Waals surface area contributed by atoms with Crippen molar-refractivity contribution in [3.8, 4) is 0 Å². The molecule has 0 aliphatic carbocycles. The van der Waals surface area contributed by atoms with Gasteiger partial charge in [0.1, 0.15) is 6.04 Å². The Hall–Kier alpha value is -2.57. The van der Waals surface area contributed by atoms with Crippen LogP contribution in [0.15, 0.2) is 27.5 Å². The van der Waals surface area contributed by atoms with Crippen molar-refractivity contribution in [3.63, 3.8) is 0 Å². The molecular formula is C12H13N5O2. The number of H-pyrrole nitrogens is 2. The van der Waals surface area contributed by atoms with Crippen LogP contribution in [0.3, 0.4) is 0 Å². The molecule has 0 aliphatic heterocycles. The Morgan fingerprint density at radius 2 is 2.11 bits per heavy atom. The number of hydrogen-bond donors (Lipinski definition) is 3. The standard InChI is InChI=1S/C12H13N5O2/c1-6(11-14-7(2)17-19-11)13-8-3-4-9-10(5-8)16-12(18)15-9/h3-6,13H,1-2H3,(H2,15,16,18)/t6-/m1/s1. The minimum absolute atomic E-state index is 0.107. The summed E-state index contributed by atoms with van der Waals surface area (Å²) >= 11 is 0. The number of nitrogens with zero attached hydrogens (tertiary/aromatic N) is 2. The van der Waals surface area contributed by atoms with Gasteiger partial charge >= 0.3 is 5.69 Å². The molecule has 0 aliphatic rings. The highest BCUT2D eigenvalue weighted by Gasteiger charge is 2.12. The Labute approximate surface area is 108 Å². The Kier molecular flexibility index (Phi) is 2.59. The number of rotatable bonds is 3. The van der Waals surface area contributed by atoms with E-state index in [0.717, 1.165) is 16.7 Å². The van der Waals surface area contributed by atoms with Crippen molar-refractivity contribution in [2.24, 2.45) is 0 Å². The molecule has 19 heavy (non-hydrogen) atoms. The molecule has 3 aromatic rings. The predicted octanol–water partition coefficient (Wildman–Crippen LogP) is 1.72. The summed E-state index contributed by atoms with van der Waals surface area (Å²) < 4.78 is 5.10. The van der Waals surface area contributed by atoms with E-state index in [-0.39, 0.29) is 11.7 Å². The first kappa shape index (κ1) is 11.5. The highest BCUT2D eigenvalue weighted by Crippen LogP contribution is 2.20. The maximum Gasteiger partial charge on any atom is 0.323 e. The number of hydrogen-bond acceptors (Lipinski definition) is 5. The predicted molar refractivity (Wildman–Crippen MR) is 70.0 cm³/mol. The van der Waals surface area contributed by atoms with Crippen molar-refractivity contribution in [3.05, 3.63) is 40.4 Å². The first-order valence-electron chi connectivity index (χ1n) is 5.90. The topological polar surface area (TPSA) is 99.6 Å². The number of anilines is 1. The Morgan fingerprint density at radius 3 is 2.84 bits per heavy atom. The van der Waals surface area contributed by atoms with Crippen LogP contribution in [0.2, 0.25) is 0 Å². The maximum absolute atomic E-state index is 11.2. The normalized spacial score (nSPS) is 12.7. The van der Waals surface area contributed by atoms with E-state index in [4.69, 9.17) is 4.52 Å². The van der Waals surface area contributed by atoms with Crippen LogP contribution in [0.5, 0.6) is 0 Å². The fraction of sp³-hybridized carbons (Fsp3) is 0.250. The molecule has 0 saturated heterocycles. The Bertz CT molecular complexity index is 770. The molecule has 0 unspecified atom stereocenters. The number of aromatic amines is 2. The Morgan fingerprint density at radius 1 is 1.32 bits per heavy atom. The fourth-order valence-corrected chi connectivity index (χ4v) is 1.92. The summed E-state index contributed by atoms with van der Waals surface area (Å²) in [5, 5.41) is 6.99. The lowest BCUT2D eigenvalue weighted by molar-refractivity contribution is 0.364. The molecule has 7 nitrogen and oxygen atoms in total. The minimum atomic E-state index is -0.215. The molecule has 1 atom stereocenters. The van der Waals surface area contributed by atoms with E-state index in [1.807, 2.05) is 25.1 Å². The average Bonchev–Trinajstić information content (AvgIpc) is 2.93. The van der Waals surface area contributed by atoms with Crippen molar-refractivity contribution in [2.75, 3.05) is 5.32 Å². The van der Waals surface area contributed by atoms with Gasteiger partial charge in [-0.15, -0.1) is 0 Å². The number of nitrogens with one attached hydrogen (secondary N) is 3. The molecule has 2 heterocycles. The molecule has 0 spiro atoms. The van der Waals surface area contributed by atoms with E-state index >= 15 is 0 Å². The van der Waals surface area contributed by atoms with E-state index in [0.29, 0.717) is 11.7 Å². The molecule has 0 bridgehead atoms. The van der Waals surface area contributed by atoms with Crippen molar-refractivity contribution in [2.45, 2.75) is 19.9 Å². The summed E-state index contributed by atoms with van der Waals surface area (Å²) in [7, 11) is 0. The Balaban J connectivity index is 1.86. The lowest BCUT2D eigenvalue weighted by Gasteiger charge is -2.10. The van der Waals surface area contributed by atoms with E-state index in [1.54, 1.807) is 6.92 Å². The number of aryl methyl sites for hydroxylation is 1. The van der Waals surface area contributed by atoms with Crippen molar-refractivity contribution in [1.29, 1.82) is 0 Å². The summed E-state index contributed by atoms with van der Waals surface area (Å²) in [6, 6.07) is 5.46. The molecular weight excluding hydrogens is 246 g/mol. The summed E-state index contributed by atoms with van der Waals surface area (Å²) in [6.45, 7) is 3.70. The highest BCUT2D eigenvalue weighted by molar-refractivity contribution is 5.78. The van der Waals surface area contributed by atoms with E-state index in [9.17, 15) is 4.79 Å². The van der Waals surface area contributed by atoms with E-state index in [1.165, 1.54) is 0 Å². The zero-order valence-corrected chi connectivity index (χ0v) is 10.5. The first-order valence-corrected chi connectivity index (χ1v) is 5.90. The quantitative estimate of drug-likeness (QED) is 0.665.